The standard InChI is InChI=1S/C12H9F3O3/c1-7-6-10(18-11(7)16)17-9-5-3-2-4-8(9)12(13,14)15/h2-6,10H,1H3. The maximum atomic E-state index is 12.7. The lowest BCUT2D eigenvalue weighted by atomic mass is 10.2. The summed E-state index contributed by atoms with van der Waals surface area (Å²) in [5, 5.41) is 0. The fourth-order valence-corrected chi connectivity index (χ4v) is 1.49. The van der Waals surface area contributed by atoms with Crippen molar-refractivity contribution in [1.29, 1.82) is 0 Å². The number of para-hydroxylation sites is 1. The maximum absolute atomic E-state index is 12.7. The van der Waals surface area contributed by atoms with Gasteiger partial charge in [0.05, 0.1) is 5.56 Å². The van der Waals surface area contributed by atoms with Crippen molar-refractivity contribution in [2.45, 2.75) is 19.4 Å². The van der Waals surface area contributed by atoms with Crippen molar-refractivity contribution in [1.82, 2.24) is 0 Å². The number of benzene rings is 1. The molecule has 0 aliphatic carbocycles. The fourth-order valence-electron chi connectivity index (χ4n) is 1.49. The van der Waals surface area contributed by atoms with E-state index in [4.69, 9.17) is 9.47 Å². The van der Waals surface area contributed by atoms with Crippen molar-refractivity contribution in [3.05, 3.63) is 41.5 Å². The van der Waals surface area contributed by atoms with Crippen LogP contribution in [0.3, 0.4) is 0 Å². The lowest BCUT2D eigenvalue weighted by molar-refractivity contribution is -0.150. The molecule has 0 spiro atoms. The smallest absolute Gasteiger partial charge is 0.419 e. The van der Waals surface area contributed by atoms with Gasteiger partial charge in [-0.1, -0.05) is 12.1 Å². The van der Waals surface area contributed by atoms with Gasteiger partial charge in [-0.05, 0) is 19.1 Å². The molecular formula is C12H9F3O3. The van der Waals surface area contributed by atoms with Gasteiger partial charge in [0.1, 0.15) is 5.75 Å². The van der Waals surface area contributed by atoms with E-state index >= 15 is 0 Å². The summed E-state index contributed by atoms with van der Waals surface area (Å²) in [6.07, 6.45) is -4.30. The van der Waals surface area contributed by atoms with E-state index in [-0.39, 0.29) is 5.75 Å². The highest BCUT2D eigenvalue weighted by molar-refractivity contribution is 5.90. The molecule has 0 radical (unpaired) electrons. The van der Waals surface area contributed by atoms with Gasteiger partial charge in [0.15, 0.2) is 0 Å². The van der Waals surface area contributed by atoms with Crippen LogP contribution in [0.4, 0.5) is 13.2 Å². The van der Waals surface area contributed by atoms with Gasteiger partial charge < -0.3 is 9.47 Å². The van der Waals surface area contributed by atoms with Crippen LogP contribution in [-0.4, -0.2) is 12.3 Å². The van der Waals surface area contributed by atoms with Crippen LogP contribution in [-0.2, 0) is 15.7 Å². The first-order valence-electron chi connectivity index (χ1n) is 5.10. The Hall–Kier alpha value is -1.98. The Morgan fingerprint density at radius 2 is 1.94 bits per heavy atom. The van der Waals surface area contributed by atoms with Crippen LogP contribution in [0.2, 0.25) is 0 Å². The number of cyclic esters (lactones) is 1. The predicted molar refractivity (Wildman–Crippen MR) is 55.7 cm³/mol. The molecule has 6 heteroatoms. The monoisotopic (exact) mass is 258 g/mol. The summed E-state index contributed by atoms with van der Waals surface area (Å²) in [7, 11) is 0. The molecule has 1 aliphatic rings. The van der Waals surface area contributed by atoms with Crippen molar-refractivity contribution >= 4 is 5.97 Å². The van der Waals surface area contributed by atoms with Gasteiger partial charge in [-0.3, -0.25) is 0 Å². The summed E-state index contributed by atoms with van der Waals surface area (Å²) in [6.45, 7) is 1.50. The SMILES string of the molecule is CC1=CC(Oc2ccccc2C(F)(F)F)OC1=O. The summed E-state index contributed by atoms with van der Waals surface area (Å²) in [4.78, 5) is 11.1. The molecule has 0 bridgehead atoms. The number of hydrogen-bond acceptors (Lipinski definition) is 3. The Balaban J connectivity index is 2.23. The molecule has 1 heterocycles. The quantitative estimate of drug-likeness (QED) is 0.765. The van der Waals surface area contributed by atoms with Crippen LogP contribution >= 0.6 is 0 Å². The summed E-state index contributed by atoms with van der Waals surface area (Å²) >= 11 is 0. The lowest BCUT2D eigenvalue weighted by Gasteiger charge is -2.16. The molecular weight excluding hydrogens is 249 g/mol. The van der Waals surface area contributed by atoms with Crippen LogP contribution in [0.25, 0.3) is 0 Å². The van der Waals surface area contributed by atoms with Gasteiger partial charge in [0.25, 0.3) is 6.29 Å². The highest BCUT2D eigenvalue weighted by atomic mass is 19.4. The first-order valence-corrected chi connectivity index (χ1v) is 5.10. The summed E-state index contributed by atoms with van der Waals surface area (Å²) in [5.41, 5.74) is -0.594. The lowest BCUT2D eigenvalue weighted by Crippen LogP contribution is -2.18. The van der Waals surface area contributed by atoms with Gasteiger partial charge in [-0.15, -0.1) is 0 Å². The normalized spacial score (nSPS) is 19.4. The van der Waals surface area contributed by atoms with E-state index in [2.05, 4.69) is 0 Å². The number of ether oxygens (including phenoxy) is 2. The van der Waals surface area contributed by atoms with E-state index in [1.54, 1.807) is 0 Å². The first-order chi connectivity index (χ1) is 8.38. The molecule has 0 aromatic heterocycles. The molecule has 0 N–H and O–H groups in total. The van der Waals surface area contributed by atoms with E-state index in [9.17, 15) is 18.0 Å². The fraction of sp³-hybridized carbons (Fsp3) is 0.250. The maximum Gasteiger partial charge on any atom is 0.419 e. The van der Waals surface area contributed by atoms with E-state index in [0.29, 0.717) is 5.57 Å². The molecule has 2 rings (SSSR count). The number of rotatable bonds is 2. The van der Waals surface area contributed by atoms with Gasteiger partial charge in [-0.2, -0.15) is 13.2 Å². The van der Waals surface area contributed by atoms with E-state index < -0.39 is 24.0 Å². The molecule has 1 unspecified atom stereocenters. The number of hydrogen-bond donors (Lipinski definition) is 0. The number of carbonyl (C=O) groups is 1. The van der Waals surface area contributed by atoms with Gasteiger partial charge in [0, 0.05) is 11.6 Å². The number of alkyl halides is 3. The minimum absolute atomic E-state index is 0.310. The molecule has 1 aliphatic heterocycles. The molecule has 18 heavy (non-hydrogen) atoms. The summed E-state index contributed by atoms with van der Waals surface area (Å²) in [5.74, 6) is -0.960. The van der Waals surface area contributed by atoms with E-state index in [1.165, 1.54) is 31.2 Å². The Kier molecular flexibility index (Phi) is 3.02. The Bertz CT molecular complexity index is 506. The molecule has 96 valence electrons. The highest BCUT2D eigenvalue weighted by Gasteiger charge is 2.35. The minimum atomic E-state index is -4.52. The third-order valence-electron chi connectivity index (χ3n) is 2.37. The second-order valence-corrected chi connectivity index (χ2v) is 3.74. The third-order valence-corrected chi connectivity index (χ3v) is 2.37. The second-order valence-electron chi connectivity index (χ2n) is 3.74. The highest BCUT2D eigenvalue weighted by Crippen LogP contribution is 2.36. The summed E-state index contributed by atoms with van der Waals surface area (Å²) in [6, 6.07) is 4.76. The van der Waals surface area contributed by atoms with E-state index in [1.807, 2.05) is 0 Å². The van der Waals surface area contributed by atoms with Crippen molar-refractivity contribution < 1.29 is 27.4 Å². The molecule has 0 amide bonds. The molecule has 1 aromatic rings. The van der Waals surface area contributed by atoms with Crippen molar-refractivity contribution in [2.75, 3.05) is 0 Å². The largest absolute Gasteiger partial charge is 0.450 e. The number of esters is 1. The van der Waals surface area contributed by atoms with Crippen LogP contribution in [0.1, 0.15) is 12.5 Å². The number of carbonyl (C=O) groups excluding carboxylic acids is 1. The molecule has 1 aromatic carbocycles. The van der Waals surface area contributed by atoms with Crippen LogP contribution in [0.15, 0.2) is 35.9 Å². The zero-order valence-corrected chi connectivity index (χ0v) is 9.32. The Morgan fingerprint density at radius 3 is 2.50 bits per heavy atom. The zero-order chi connectivity index (χ0) is 13.3. The topological polar surface area (TPSA) is 35.5 Å². The predicted octanol–water partition coefficient (Wildman–Crippen LogP) is 2.91. The minimum Gasteiger partial charge on any atom is -0.450 e. The Morgan fingerprint density at radius 1 is 1.28 bits per heavy atom. The van der Waals surface area contributed by atoms with Crippen molar-refractivity contribution in [2.24, 2.45) is 0 Å². The van der Waals surface area contributed by atoms with E-state index in [0.717, 1.165) is 6.07 Å². The van der Waals surface area contributed by atoms with Crippen molar-refractivity contribution in [3.63, 3.8) is 0 Å². The molecule has 0 fully saturated rings. The third kappa shape index (κ3) is 2.47. The van der Waals surface area contributed by atoms with Crippen LogP contribution < -0.4 is 4.74 Å². The van der Waals surface area contributed by atoms with Crippen LogP contribution in [0.5, 0.6) is 5.75 Å². The van der Waals surface area contributed by atoms with Crippen LogP contribution in [0, 0.1) is 0 Å². The average molecular weight is 258 g/mol. The second kappa shape index (κ2) is 4.36. The summed E-state index contributed by atoms with van der Waals surface area (Å²) < 4.78 is 47.8. The first kappa shape index (κ1) is 12.5. The number of halogens is 3. The molecule has 3 nitrogen and oxygen atoms in total. The van der Waals surface area contributed by atoms with Crippen molar-refractivity contribution in [3.8, 4) is 5.75 Å². The Labute approximate surface area is 101 Å². The zero-order valence-electron chi connectivity index (χ0n) is 9.32. The van der Waals surface area contributed by atoms with Gasteiger partial charge >= 0.3 is 12.1 Å². The average Bonchev–Trinajstić information content (AvgIpc) is 2.57. The molecule has 0 saturated heterocycles. The van der Waals surface area contributed by atoms with Gasteiger partial charge in [0.2, 0.25) is 0 Å². The molecule has 1 atom stereocenters. The van der Waals surface area contributed by atoms with Gasteiger partial charge in [-0.25, -0.2) is 4.79 Å². The molecule has 0 saturated carbocycles.